The van der Waals surface area contributed by atoms with Gasteiger partial charge in [-0.15, -0.1) is 0 Å². The summed E-state index contributed by atoms with van der Waals surface area (Å²) in [6.07, 6.45) is 4.55. The lowest BCUT2D eigenvalue weighted by molar-refractivity contribution is 0.220. The molecule has 0 bridgehead atoms. The van der Waals surface area contributed by atoms with E-state index in [4.69, 9.17) is 4.42 Å². The van der Waals surface area contributed by atoms with Crippen molar-refractivity contribution in [1.29, 1.82) is 0 Å². The molecule has 0 fully saturated rings. The second-order valence-electron chi connectivity index (χ2n) is 4.48. The zero-order chi connectivity index (χ0) is 14.7. The number of rotatable bonds is 3. The molecular formula is C13H16N4O3. The molecule has 0 saturated carbocycles. The number of hydrogen-bond acceptors (Lipinski definition) is 4. The van der Waals surface area contributed by atoms with E-state index in [1.165, 1.54) is 21.9 Å². The SMILES string of the molecule is Cc1occc1CN(C)C(=O)Nc1nccn(C)c1=O. The van der Waals surface area contributed by atoms with E-state index in [9.17, 15) is 9.59 Å². The van der Waals surface area contributed by atoms with E-state index in [1.54, 1.807) is 26.4 Å². The van der Waals surface area contributed by atoms with Crippen LogP contribution in [0.1, 0.15) is 11.3 Å². The Labute approximate surface area is 115 Å². The van der Waals surface area contributed by atoms with Gasteiger partial charge in [-0.05, 0) is 13.0 Å². The summed E-state index contributed by atoms with van der Waals surface area (Å²) in [6, 6.07) is 1.40. The van der Waals surface area contributed by atoms with Gasteiger partial charge in [-0.2, -0.15) is 0 Å². The zero-order valence-corrected chi connectivity index (χ0v) is 11.6. The third-order valence-electron chi connectivity index (χ3n) is 2.96. The van der Waals surface area contributed by atoms with Gasteiger partial charge in [-0.25, -0.2) is 9.78 Å². The average molecular weight is 276 g/mol. The first kappa shape index (κ1) is 13.9. The van der Waals surface area contributed by atoms with Crippen LogP contribution >= 0.6 is 0 Å². The van der Waals surface area contributed by atoms with E-state index in [0.29, 0.717) is 6.54 Å². The van der Waals surface area contributed by atoms with Gasteiger partial charge in [0.15, 0.2) is 0 Å². The third kappa shape index (κ3) is 2.87. The summed E-state index contributed by atoms with van der Waals surface area (Å²) in [5.74, 6) is 0.772. The van der Waals surface area contributed by atoms with Gasteiger partial charge in [-0.1, -0.05) is 0 Å². The number of urea groups is 1. The van der Waals surface area contributed by atoms with Crippen LogP contribution in [0, 0.1) is 6.92 Å². The number of aryl methyl sites for hydroxylation is 2. The number of carbonyl (C=O) groups excluding carboxylic acids is 1. The van der Waals surface area contributed by atoms with E-state index < -0.39 is 6.03 Å². The Morgan fingerprint density at radius 3 is 2.95 bits per heavy atom. The molecular weight excluding hydrogens is 260 g/mol. The third-order valence-corrected chi connectivity index (χ3v) is 2.96. The smallest absolute Gasteiger partial charge is 0.323 e. The number of anilines is 1. The summed E-state index contributed by atoms with van der Waals surface area (Å²) in [7, 11) is 3.23. The van der Waals surface area contributed by atoms with E-state index in [2.05, 4.69) is 10.3 Å². The monoisotopic (exact) mass is 276 g/mol. The molecule has 20 heavy (non-hydrogen) atoms. The summed E-state index contributed by atoms with van der Waals surface area (Å²) < 4.78 is 6.52. The van der Waals surface area contributed by atoms with Crippen LogP contribution in [0.3, 0.4) is 0 Å². The van der Waals surface area contributed by atoms with Crippen LogP contribution in [0.25, 0.3) is 0 Å². The lowest BCUT2D eigenvalue weighted by Crippen LogP contribution is -2.34. The van der Waals surface area contributed by atoms with Crippen molar-refractivity contribution in [1.82, 2.24) is 14.5 Å². The fourth-order valence-corrected chi connectivity index (χ4v) is 1.68. The van der Waals surface area contributed by atoms with Gasteiger partial charge < -0.3 is 13.9 Å². The first-order chi connectivity index (χ1) is 9.49. The number of nitrogens with one attached hydrogen (secondary N) is 1. The first-order valence-corrected chi connectivity index (χ1v) is 6.05. The minimum Gasteiger partial charge on any atom is -0.469 e. The second kappa shape index (κ2) is 5.60. The zero-order valence-electron chi connectivity index (χ0n) is 11.6. The Hall–Kier alpha value is -2.57. The predicted molar refractivity (Wildman–Crippen MR) is 73.4 cm³/mol. The molecule has 0 aromatic carbocycles. The minimum absolute atomic E-state index is 0.00997. The molecule has 0 spiro atoms. The first-order valence-electron chi connectivity index (χ1n) is 6.05. The van der Waals surface area contributed by atoms with Crippen LogP contribution in [-0.2, 0) is 13.6 Å². The molecule has 7 nitrogen and oxygen atoms in total. The van der Waals surface area contributed by atoms with E-state index in [1.807, 2.05) is 6.92 Å². The fraction of sp³-hybridized carbons (Fsp3) is 0.308. The molecule has 2 rings (SSSR count). The van der Waals surface area contributed by atoms with Gasteiger partial charge in [0.05, 0.1) is 12.8 Å². The predicted octanol–water partition coefficient (Wildman–Crippen LogP) is 1.35. The lowest BCUT2D eigenvalue weighted by atomic mass is 10.2. The highest BCUT2D eigenvalue weighted by molar-refractivity contribution is 5.87. The molecule has 0 radical (unpaired) electrons. The molecule has 2 heterocycles. The maximum absolute atomic E-state index is 12.0. The molecule has 0 unspecified atom stereocenters. The molecule has 7 heteroatoms. The Morgan fingerprint density at radius 1 is 1.55 bits per heavy atom. The molecule has 0 saturated heterocycles. The van der Waals surface area contributed by atoms with E-state index >= 15 is 0 Å². The Balaban J connectivity index is 2.06. The number of nitrogens with zero attached hydrogens (tertiary/aromatic N) is 3. The number of hydrogen-bond donors (Lipinski definition) is 1. The quantitative estimate of drug-likeness (QED) is 0.917. The summed E-state index contributed by atoms with van der Waals surface area (Å²) >= 11 is 0. The topological polar surface area (TPSA) is 80.4 Å². The van der Waals surface area contributed by atoms with Crippen molar-refractivity contribution >= 4 is 11.8 Å². The molecule has 0 aliphatic rings. The second-order valence-corrected chi connectivity index (χ2v) is 4.48. The van der Waals surface area contributed by atoms with Crippen LogP contribution in [0.5, 0.6) is 0 Å². The molecule has 0 aliphatic carbocycles. The maximum Gasteiger partial charge on any atom is 0.323 e. The Morgan fingerprint density at radius 2 is 2.30 bits per heavy atom. The normalized spacial score (nSPS) is 10.3. The van der Waals surface area contributed by atoms with Gasteiger partial charge >= 0.3 is 6.03 Å². The van der Waals surface area contributed by atoms with Gasteiger partial charge in [0.2, 0.25) is 5.82 Å². The molecule has 1 N–H and O–H groups in total. The number of carbonyl (C=O) groups is 1. The van der Waals surface area contributed by atoms with Crippen molar-refractivity contribution in [2.45, 2.75) is 13.5 Å². The molecule has 2 aromatic heterocycles. The minimum atomic E-state index is -0.401. The molecule has 0 atom stereocenters. The van der Waals surface area contributed by atoms with Crippen molar-refractivity contribution in [3.05, 3.63) is 46.4 Å². The van der Waals surface area contributed by atoms with Crippen molar-refractivity contribution in [2.24, 2.45) is 7.05 Å². The van der Waals surface area contributed by atoms with E-state index in [-0.39, 0.29) is 11.4 Å². The molecule has 2 aromatic rings. The van der Waals surface area contributed by atoms with Crippen molar-refractivity contribution < 1.29 is 9.21 Å². The van der Waals surface area contributed by atoms with Crippen molar-refractivity contribution in [2.75, 3.05) is 12.4 Å². The van der Waals surface area contributed by atoms with Crippen LogP contribution in [-0.4, -0.2) is 27.5 Å². The van der Waals surface area contributed by atoms with Gasteiger partial charge in [0, 0.05) is 32.1 Å². The van der Waals surface area contributed by atoms with Gasteiger partial charge in [0.1, 0.15) is 5.76 Å². The highest BCUT2D eigenvalue weighted by atomic mass is 16.3. The van der Waals surface area contributed by atoms with Crippen LogP contribution < -0.4 is 10.9 Å². The highest BCUT2D eigenvalue weighted by Crippen LogP contribution is 2.11. The maximum atomic E-state index is 12.0. The number of aromatic nitrogens is 2. The summed E-state index contributed by atoms with van der Waals surface area (Å²) in [6.45, 7) is 2.22. The van der Waals surface area contributed by atoms with Gasteiger partial charge in [0.25, 0.3) is 5.56 Å². The molecule has 0 aliphatic heterocycles. The largest absolute Gasteiger partial charge is 0.469 e. The number of furan rings is 1. The molecule has 2 amide bonds. The fourth-order valence-electron chi connectivity index (χ4n) is 1.68. The van der Waals surface area contributed by atoms with Crippen LogP contribution in [0.2, 0.25) is 0 Å². The summed E-state index contributed by atoms with van der Waals surface area (Å²) in [5, 5.41) is 2.49. The Kier molecular flexibility index (Phi) is 3.88. The number of amides is 2. The van der Waals surface area contributed by atoms with Crippen molar-refractivity contribution in [3.63, 3.8) is 0 Å². The van der Waals surface area contributed by atoms with E-state index in [0.717, 1.165) is 11.3 Å². The lowest BCUT2D eigenvalue weighted by Gasteiger charge is -2.17. The molecule has 106 valence electrons. The van der Waals surface area contributed by atoms with Gasteiger partial charge in [-0.3, -0.25) is 10.1 Å². The van der Waals surface area contributed by atoms with Crippen molar-refractivity contribution in [3.8, 4) is 0 Å². The average Bonchev–Trinajstić information content (AvgIpc) is 2.80. The standard InChI is InChI=1S/C13H16N4O3/c1-9-10(4-7-20-9)8-17(3)13(19)15-11-12(18)16(2)6-5-14-11/h4-7H,8H2,1-3H3,(H,14,15,19). The Bertz CT molecular complexity index is 674. The highest BCUT2D eigenvalue weighted by Gasteiger charge is 2.14. The summed E-state index contributed by atoms with van der Waals surface area (Å²) in [4.78, 5) is 29.1. The summed E-state index contributed by atoms with van der Waals surface area (Å²) in [5.41, 5.74) is 0.560. The van der Waals surface area contributed by atoms with Crippen LogP contribution in [0.4, 0.5) is 10.6 Å². The van der Waals surface area contributed by atoms with Crippen LogP contribution in [0.15, 0.2) is 33.9 Å².